The SMILES string of the molecule is CC(=O)Nc1cc(NCOc2ccccc2)ccc1C. The molecule has 0 saturated heterocycles. The lowest BCUT2D eigenvalue weighted by Crippen LogP contribution is -2.10. The molecule has 4 nitrogen and oxygen atoms in total. The fourth-order valence-corrected chi connectivity index (χ4v) is 1.78. The highest BCUT2D eigenvalue weighted by Crippen LogP contribution is 2.20. The van der Waals surface area contributed by atoms with Gasteiger partial charge >= 0.3 is 0 Å². The lowest BCUT2D eigenvalue weighted by atomic mass is 10.2. The van der Waals surface area contributed by atoms with Crippen LogP contribution in [0.3, 0.4) is 0 Å². The summed E-state index contributed by atoms with van der Waals surface area (Å²) in [5, 5.41) is 5.96. The van der Waals surface area contributed by atoms with Crippen molar-refractivity contribution in [2.24, 2.45) is 0 Å². The van der Waals surface area contributed by atoms with Gasteiger partial charge < -0.3 is 15.4 Å². The predicted molar refractivity (Wildman–Crippen MR) is 81.0 cm³/mol. The lowest BCUT2D eigenvalue weighted by Gasteiger charge is -2.12. The van der Waals surface area contributed by atoms with Gasteiger partial charge in [0.25, 0.3) is 0 Å². The Kier molecular flexibility index (Phi) is 4.60. The van der Waals surface area contributed by atoms with E-state index in [2.05, 4.69) is 10.6 Å². The number of carbonyl (C=O) groups excluding carboxylic acids is 1. The molecule has 2 aromatic rings. The topological polar surface area (TPSA) is 50.4 Å². The summed E-state index contributed by atoms with van der Waals surface area (Å²) in [6.45, 7) is 3.82. The van der Waals surface area contributed by atoms with Gasteiger partial charge in [0.05, 0.1) is 0 Å². The molecule has 0 spiro atoms. The second-order valence-corrected chi connectivity index (χ2v) is 4.49. The molecule has 0 heterocycles. The van der Waals surface area contributed by atoms with Crippen LogP contribution in [0, 0.1) is 6.92 Å². The molecular formula is C16H18N2O2. The third-order valence-electron chi connectivity index (χ3n) is 2.81. The second kappa shape index (κ2) is 6.61. The van der Waals surface area contributed by atoms with Gasteiger partial charge in [0.1, 0.15) is 5.75 Å². The molecule has 0 fully saturated rings. The zero-order chi connectivity index (χ0) is 14.4. The fourth-order valence-electron chi connectivity index (χ4n) is 1.78. The maximum atomic E-state index is 11.1. The number of carbonyl (C=O) groups is 1. The van der Waals surface area contributed by atoms with Gasteiger partial charge in [-0.3, -0.25) is 4.79 Å². The summed E-state index contributed by atoms with van der Waals surface area (Å²) in [7, 11) is 0. The Bertz CT molecular complexity index is 582. The molecule has 20 heavy (non-hydrogen) atoms. The van der Waals surface area contributed by atoms with Crippen LogP contribution in [-0.2, 0) is 4.79 Å². The van der Waals surface area contributed by atoms with Gasteiger partial charge in [0.2, 0.25) is 5.91 Å². The highest BCUT2D eigenvalue weighted by Gasteiger charge is 2.02. The summed E-state index contributed by atoms with van der Waals surface area (Å²) in [4.78, 5) is 11.1. The molecule has 0 bridgehead atoms. The Balaban J connectivity index is 1.94. The number of benzene rings is 2. The van der Waals surface area contributed by atoms with Crippen LogP contribution in [0.5, 0.6) is 5.75 Å². The van der Waals surface area contributed by atoms with Gasteiger partial charge in [-0.15, -0.1) is 0 Å². The van der Waals surface area contributed by atoms with Crippen molar-refractivity contribution in [3.8, 4) is 5.75 Å². The number of rotatable bonds is 5. The molecule has 2 aromatic carbocycles. The average molecular weight is 270 g/mol. The molecule has 0 aliphatic heterocycles. The summed E-state index contributed by atoms with van der Waals surface area (Å²) in [5.74, 6) is 0.736. The third-order valence-corrected chi connectivity index (χ3v) is 2.81. The number of amides is 1. The smallest absolute Gasteiger partial charge is 0.221 e. The van der Waals surface area contributed by atoms with Gasteiger partial charge in [0.15, 0.2) is 6.73 Å². The van der Waals surface area contributed by atoms with Gasteiger partial charge in [-0.1, -0.05) is 24.3 Å². The summed E-state index contributed by atoms with van der Waals surface area (Å²) < 4.78 is 5.56. The van der Waals surface area contributed by atoms with Crippen molar-refractivity contribution < 1.29 is 9.53 Å². The minimum Gasteiger partial charge on any atom is -0.473 e. The summed E-state index contributed by atoms with van der Waals surface area (Å²) in [6.07, 6.45) is 0. The van der Waals surface area contributed by atoms with E-state index in [1.807, 2.05) is 55.5 Å². The van der Waals surface area contributed by atoms with Crippen LogP contribution in [0.1, 0.15) is 12.5 Å². The van der Waals surface area contributed by atoms with Gasteiger partial charge in [-0.05, 0) is 36.8 Å². The van der Waals surface area contributed by atoms with E-state index in [0.717, 1.165) is 22.7 Å². The van der Waals surface area contributed by atoms with Crippen molar-refractivity contribution in [3.63, 3.8) is 0 Å². The Morgan fingerprint density at radius 2 is 1.90 bits per heavy atom. The van der Waals surface area contributed by atoms with E-state index in [1.54, 1.807) is 0 Å². The Hall–Kier alpha value is -2.49. The first-order valence-electron chi connectivity index (χ1n) is 6.45. The normalized spacial score (nSPS) is 9.90. The molecule has 104 valence electrons. The van der Waals surface area contributed by atoms with Gasteiger partial charge in [-0.25, -0.2) is 0 Å². The Labute approximate surface area is 118 Å². The monoisotopic (exact) mass is 270 g/mol. The number of ether oxygens (including phenoxy) is 1. The molecule has 1 amide bonds. The maximum absolute atomic E-state index is 11.1. The van der Waals surface area contributed by atoms with Crippen LogP contribution in [0.2, 0.25) is 0 Å². The number of hydrogen-bond acceptors (Lipinski definition) is 3. The zero-order valence-electron chi connectivity index (χ0n) is 11.6. The molecule has 0 saturated carbocycles. The van der Waals surface area contributed by atoms with Gasteiger partial charge in [-0.2, -0.15) is 0 Å². The first kappa shape index (κ1) is 13.9. The molecule has 0 unspecified atom stereocenters. The van der Waals surface area contributed by atoms with E-state index in [1.165, 1.54) is 6.92 Å². The molecule has 4 heteroatoms. The van der Waals surface area contributed by atoms with E-state index in [0.29, 0.717) is 6.73 Å². The van der Waals surface area contributed by atoms with E-state index in [9.17, 15) is 4.79 Å². The third kappa shape index (κ3) is 4.02. The fraction of sp³-hybridized carbons (Fsp3) is 0.188. The highest BCUT2D eigenvalue weighted by atomic mass is 16.5. The number of hydrogen-bond donors (Lipinski definition) is 2. The number of nitrogens with one attached hydrogen (secondary N) is 2. The number of anilines is 2. The van der Waals surface area contributed by atoms with E-state index in [-0.39, 0.29) is 5.91 Å². The van der Waals surface area contributed by atoms with E-state index >= 15 is 0 Å². The van der Waals surface area contributed by atoms with Crippen molar-refractivity contribution in [1.82, 2.24) is 0 Å². The van der Waals surface area contributed by atoms with Crippen LogP contribution < -0.4 is 15.4 Å². The minimum atomic E-state index is -0.0780. The van der Waals surface area contributed by atoms with E-state index < -0.39 is 0 Å². The van der Waals surface area contributed by atoms with Crippen molar-refractivity contribution in [2.45, 2.75) is 13.8 Å². The lowest BCUT2D eigenvalue weighted by molar-refractivity contribution is -0.114. The molecule has 2 N–H and O–H groups in total. The first-order valence-corrected chi connectivity index (χ1v) is 6.45. The number of aryl methyl sites for hydroxylation is 1. The van der Waals surface area contributed by atoms with Crippen LogP contribution in [0.15, 0.2) is 48.5 Å². The molecular weight excluding hydrogens is 252 g/mol. The standard InChI is InChI=1S/C16H18N2O2/c1-12-8-9-14(10-16(12)18-13(2)19)17-11-20-15-6-4-3-5-7-15/h3-10,17H,11H2,1-2H3,(H,18,19). The highest BCUT2D eigenvalue weighted by molar-refractivity contribution is 5.90. The van der Waals surface area contributed by atoms with E-state index in [4.69, 9.17) is 4.74 Å². The molecule has 0 aromatic heterocycles. The number of para-hydroxylation sites is 1. The van der Waals surface area contributed by atoms with Crippen LogP contribution >= 0.6 is 0 Å². The molecule has 0 aliphatic rings. The van der Waals surface area contributed by atoms with Crippen LogP contribution in [-0.4, -0.2) is 12.6 Å². The Morgan fingerprint density at radius 3 is 2.60 bits per heavy atom. The van der Waals surface area contributed by atoms with Crippen molar-refractivity contribution in [3.05, 3.63) is 54.1 Å². The summed E-state index contributed by atoms with van der Waals surface area (Å²) in [6, 6.07) is 15.4. The molecule has 0 atom stereocenters. The summed E-state index contributed by atoms with van der Waals surface area (Å²) in [5.41, 5.74) is 2.73. The predicted octanol–water partition coefficient (Wildman–Crippen LogP) is 3.40. The minimum absolute atomic E-state index is 0.0780. The first-order chi connectivity index (χ1) is 9.65. The van der Waals surface area contributed by atoms with Crippen molar-refractivity contribution in [2.75, 3.05) is 17.4 Å². The maximum Gasteiger partial charge on any atom is 0.221 e. The average Bonchev–Trinajstić information content (AvgIpc) is 2.43. The molecule has 0 aliphatic carbocycles. The summed E-state index contributed by atoms with van der Waals surface area (Å²) >= 11 is 0. The van der Waals surface area contributed by atoms with Gasteiger partial charge in [0, 0.05) is 18.3 Å². The molecule has 0 radical (unpaired) electrons. The second-order valence-electron chi connectivity index (χ2n) is 4.49. The van der Waals surface area contributed by atoms with Crippen LogP contribution in [0.25, 0.3) is 0 Å². The van der Waals surface area contributed by atoms with Crippen molar-refractivity contribution >= 4 is 17.3 Å². The zero-order valence-corrected chi connectivity index (χ0v) is 11.6. The largest absolute Gasteiger partial charge is 0.473 e. The quantitative estimate of drug-likeness (QED) is 0.819. The molecule has 2 rings (SSSR count). The van der Waals surface area contributed by atoms with Crippen LogP contribution in [0.4, 0.5) is 11.4 Å². The van der Waals surface area contributed by atoms with Crippen molar-refractivity contribution in [1.29, 1.82) is 0 Å². The Morgan fingerprint density at radius 1 is 1.15 bits per heavy atom.